The summed E-state index contributed by atoms with van der Waals surface area (Å²) >= 11 is 0. The van der Waals surface area contributed by atoms with Crippen molar-refractivity contribution in [2.45, 2.75) is 32.5 Å². The van der Waals surface area contributed by atoms with E-state index in [2.05, 4.69) is 20.3 Å². The minimum Gasteiger partial charge on any atom is -0.462 e. The Balaban J connectivity index is 1.37. The summed E-state index contributed by atoms with van der Waals surface area (Å²) in [5, 5.41) is 2.54. The van der Waals surface area contributed by atoms with E-state index in [1.54, 1.807) is 13.8 Å². The van der Waals surface area contributed by atoms with E-state index in [-0.39, 0.29) is 38.4 Å². The largest absolute Gasteiger partial charge is 0.462 e. The van der Waals surface area contributed by atoms with Gasteiger partial charge >= 0.3 is 12.1 Å². The molecule has 176 valence electrons. The maximum atomic E-state index is 12.4. The van der Waals surface area contributed by atoms with Crippen LogP contribution in [0.3, 0.4) is 0 Å². The van der Waals surface area contributed by atoms with Gasteiger partial charge in [-0.05, 0) is 11.5 Å². The van der Waals surface area contributed by atoms with E-state index in [0.29, 0.717) is 5.84 Å². The number of amides is 2. The normalized spacial score (nSPS) is 17.8. The zero-order valence-corrected chi connectivity index (χ0v) is 18.3. The Labute approximate surface area is 190 Å². The molecule has 3 N–H and O–H groups in total. The van der Waals surface area contributed by atoms with Gasteiger partial charge in [0.15, 0.2) is 11.9 Å². The Morgan fingerprint density at radius 3 is 2.64 bits per heavy atom. The summed E-state index contributed by atoms with van der Waals surface area (Å²) in [5.41, 5.74) is 6.35. The van der Waals surface area contributed by atoms with Crippen molar-refractivity contribution < 1.29 is 28.6 Å². The number of fused-ring (bicyclic) bond motifs is 1. The number of nitrogens with two attached hydrogens (primary N) is 1. The third kappa shape index (κ3) is 6.59. The third-order valence-electron chi connectivity index (χ3n) is 4.69. The number of carbonyl (C=O) groups is 3. The van der Waals surface area contributed by atoms with Crippen LogP contribution in [0, 0.1) is 5.92 Å². The second-order valence-electron chi connectivity index (χ2n) is 7.55. The van der Waals surface area contributed by atoms with Gasteiger partial charge in [-0.3, -0.25) is 14.7 Å². The molecular weight excluding hydrogens is 432 g/mol. The molecule has 2 heterocycles. The summed E-state index contributed by atoms with van der Waals surface area (Å²) in [7, 11) is 0. The summed E-state index contributed by atoms with van der Waals surface area (Å²) in [5.74, 6) is -1.10. The molecule has 0 saturated carbocycles. The third-order valence-corrected chi connectivity index (χ3v) is 4.69. The summed E-state index contributed by atoms with van der Waals surface area (Å²) < 4.78 is 15.9. The Morgan fingerprint density at radius 1 is 1.15 bits per heavy atom. The fraction of sp³-hybridized carbons (Fsp3) is 0.429. The topological polar surface area (TPSA) is 157 Å². The second-order valence-corrected chi connectivity index (χ2v) is 7.55. The fourth-order valence-corrected chi connectivity index (χ4v) is 2.99. The Hall–Kier alpha value is -3.80. The first-order chi connectivity index (χ1) is 15.8. The van der Waals surface area contributed by atoms with Crippen molar-refractivity contribution in [3.05, 3.63) is 35.9 Å². The van der Waals surface area contributed by atoms with E-state index in [4.69, 9.17) is 19.9 Å². The molecule has 1 unspecified atom stereocenters. The van der Waals surface area contributed by atoms with Gasteiger partial charge in [0.1, 0.15) is 26.0 Å². The quantitative estimate of drug-likeness (QED) is 0.377. The van der Waals surface area contributed by atoms with Crippen LogP contribution in [0.15, 0.2) is 45.3 Å². The molecule has 0 bridgehead atoms. The van der Waals surface area contributed by atoms with E-state index in [9.17, 15) is 14.4 Å². The van der Waals surface area contributed by atoms with E-state index in [1.165, 1.54) is 11.2 Å². The first-order valence-corrected chi connectivity index (χ1v) is 10.3. The van der Waals surface area contributed by atoms with Gasteiger partial charge in [0, 0.05) is 0 Å². The minimum absolute atomic E-state index is 0.0355. The van der Waals surface area contributed by atoms with Gasteiger partial charge in [-0.25, -0.2) is 9.59 Å². The van der Waals surface area contributed by atoms with Gasteiger partial charge in [-0.15, -0.1) is 0 Å². The number of rotatable bonds is 10. The van der Waals surface area contributed by atoms with E-state index in [1.807, 2.05) is 30.3 Å². The molecule has 0 fully saturated rings. The highest BCUT2D eigenvalue weighted by atomic mass is 16.6. The van der Waals surface area contributed by atoms with Crippen molar-refractivity contribution in [2.75, 3.05) is 19.9 Å². The van der Waals surface area contributed by atoms with Crippen LogP contribution < -0.4 is 11.1 Å². The highest BCUT2D eigenvalue weighted by molar-refractivity contribution is 6.21. The fourth-order valence-electron chi connectivity index (χ4n) is 2.99. The molecule has 12 nitrogen and oxygen atoms in total. The molecule has 2 aliphatic heterocycles. The Kier molecular flexibility index (Phi) is 8.08. The molecule has 0 radical (unpaired) electrons. The highest BCUT2D eigenvalue weighted by Gasteiger charge is 2.35. The maximum absolute atomic E-state index is 12.4. The smallest absolute Gasteiger partial charge is 0.408 e. The summed E-state index contributed by atoms with van der Waals surface area (Å²) in [6.45, 7) is 3.74. The molecule has 12 heteroatoms. The van der Waals surface area contributed by atoms with Crippen LogP contribution >= 0.6 is 0 Å². The number of benzene rings is 1. The molecule has 33 heavy (non-hydrogen) atoms. The maximum Gasteiger partial charge on any atom is 0.408 e. The number of guanidine groups is 1. The minimum atomic E-state index is -0.871. The highest BCUT2D eigenvalue weighted by Crippen LogP contribution is 2.13. The van der Waals surface area contributed by atoms with Crippen molar-refractivity contribution >= 4 is 36.1 Å². The van der Waals surface area contributed by atoms with Crippen molar-refractivity contribution in [3.8, 4) is 0 Å². The lowest BCUT2D eigenvalue weighted by atomic mass is 10.1. The van der Waals surface area contributed by atoms with Crippen LogP contribution in [0.1, 0.15) is 19.4 Å². The van der Waals surface area contributed by atoms with Crippen LogP contribution in [0.5, 0.6) is 0 Å². The molecule has 2 amide bonds. The first-order valence-electron chi connectivity index (χ1n) is 10.3. The molecule has 0 aromatic heterocycles. The van der Waals surface area contributed by atoms with Crippen molar-refractivity contribution in [2.24, 2.45) is 26.6 Å². The number of ether oxygens (including phenoxy) is 3. The van der Waals surface area contributed by atoms with Crippen molar-refractivity contribution in [1.82, 2.24) is 10.2 Å². The predicted octanol–water partition coefficient (Wildman–Crippen LogP) is 0.421. The van der Waals surface area contributed by atoms with Crippen LogP contribution in [0.4, 0.5) is 4.79 Å². The van der Waals surface area contributed by atoms with Gasteiger partial charge in [0.05, 0.1) is 12.9 Å². The molecule has 1 aromatic carbocycles. The molecule has 0 spiro atoms. The number of hydrogen-bond acceptors (Lipinski definition) is 10. The van der Waals surface area contributed by atoms with E-state index < -0.39 is 30.1 Å². The lowest BCUT2D eigenvalue weighted by Crippen LogP contribution is -2.45. The zero-order valence-electron chi connectivity index (χ0n) is 18.3. The molecular formula is C21H26N6O6. The first kappa shape index (κ1) is 23.9. The second kappa shape index (κ2) is 11.2. The number of esters is 1. The number of hydrogen-bond donors (Lipinski definition) is 2. The van der Waals surface area contributed by atoms with Crippen LogP contribution in [-0.4, -0.2) is 73.0 Å². The van der Waals surface area contributed by atoms with Gasteiger partial charge in [-0.2, -0.15) is 9.98 Å². The standard InChI is InChI=1S/C21H26N6O6/c1-13(2)15(24-21(30)33-10-14-6-4-3-5-7-14)19(29)32-9-8-31-12-27-11-23-16-17(27)25-20(22)26-18(16)28/h3-7,11,13,15-16H,8-10,12H2,1-2H3,(H,24,30)(H2,22,26,28)/t15-,16?/m0/s1. The number of carbonyl (C=O) groups excluding carboxylic acids is 3. The molecule has 1 aromatic rings. The van der Waals surface area contributed by atoms with Crippen LogP contribution in [-0.2, 0) is 30.4 Å². The zero-order chi connectivity index (χ0) is 23.8. The van der Waals surface area contributed by atoms with E-state index >= 15 is 0 Å². The lowest BCUT2D eigenvalue weighted by Gasteiger charge is -2.21. The number of nitrogens with one attached hydrogen (secondary N) is 1. The number of amidine groups is 1. The average Bonchev–Trinajstić information content (AvgIpc) is 3.19. The van der Waals surface area contributed by atoms with Crippen molar-refractivity contribution in [1.29, 1.82) is 0 Å². The molecule has 2 atom stereocenters. The number of alkyl carbamates (subject to hydrolysis) is 1. The summed E-state index contributed by atoms with van der Waals surface area (Å²) in [6.07, 6.45) is 0.709. The molecule has 0 saturated heterocycles. The lowest BCUT2D eigenvalue weighted by molar-refractivity contribution is -0.149. The number of aliphatic imine (C=N–C) groups is 3. The van der Waals surface area contributed by atoms with Crippen LogP contribution in [0.25, 0.3) is 0 Å². The van der Waals surface area contributed by atoms with Gasteiger partial charge in [-0.1, -0.05) is 44.2 Å². The summed E-state index contributed by atoms with van der Waals surface area (Å²) in [6, 6.07) is 7.53. The predicted molar refractivity (Wildman–Crippen MR) is 118 cm³/mol. The number of nitrogens with zero attached hydrogens (tertiary/aromatic N) is 4. The Morgan fingerprint density at radius 2 is 1.91 bits per heavy atom. The Bertz CT molecular complexity index is 961. The average molecular weight is 458 g/mol. The SMILES string of the molecule is CC(C)[C@H](NC(=O)OCc1ccccc1)C(=O)OCCOCN1C=NC2C(=O)N=C(N)N=C21. The molecule has 2 aliphatic rings. The van der Waals surface area contributed by atoms with Gasteiger partial charge in [0.2, 0.25) is 5.96 Å². The van der Waals surface area contributed by atoms with Crippen LogP contribution in [0.2, 0.25) is 0 Å². The van der Waals surface area contributed by atoms with Crippen molar-refractivity contribution in [3.63, 3.8) is 0 Å². The van der Waals surface area contributed by atoms with Gasteiger partial charge in [0.25, 0.3) is 5.91 Å². The monoisotopic (exact) mass is 458 g/mol. The molecule has 0 aliphatic carbocycles. The van der Waals surface area contributed by atoms with Gasteiger partial charge < -0.3 is 25.3 Å². The molecule has 3 rings (SSSR count). The summed E-state index contributed by atoms with van der Waals surface area (Å²) in [4.78, 5) is 49.4. The van der Waals surface area contributed by atoms with E-state index in [0.717, 1.165) is 5.56 Å².